The minimum atomic E-state index is -0.842. The molecule has 0 aromatic heterocycles. The Morgan fingerprint density at radius 2 is 0.681 bits per heavy atom. The number of aliphatic hydroxyl groups is 2. The Hall–Kier alpha value is -1.66. The Morgan fingerprint density at radius 3 is 1.06 bits per heavy atom. The molecule has 0 saturated heterocycles. The zero-order valence-corrected chi connectivity index (χ0v) is 46.6. The average molecular weight is 973 g/mol. The SMILES string of the molecule is CCCCC/C=C\CCCCCCCC(=O)OCCCCCCCCCCCCCCCCCCCCCCCCCCCC(=O)NC(CO)C(O)/C=C/CCCCCCCCCCCCCCC. The van der Waals surface area contributed by atoms with Crippen molar-refractivity contribution in [1.82, 2.24) is 5.32 Å². The lowest BCUT2D eigenvalue weighted by Crippen LogP contribution is -2.45. The molecule has 0 aromatic carbocycles. The number of carbonyl (C=O) groups excluding carboxylic acids is 2. The fraction of sp³-hybridized carbons (Fsp3) is 0.905. The molecule has 0 spiro atoms. The van der Waals surface area contributed by atoms with Gasteiger partial charge < -0.3 is 20.3 Å². The molecule has 69 heavy (non-hydrogen) atoms. The number of hydrogen-bond donors (Lipinski definition) is 3. The molecule has 2 unspecified atom stereocenters. The zero-order valence-electron chi connectivity index (χ0n) is 46.6. The summed E-state index contributed by atoms with van der Waals surface area (Å²) in [5.74, 6) is -0.0585. The number of ether oxygens (including phenoxy) is 1. The van der Waals surface area contributed by atoms with Gasteiger partial charge in [-0.25, -0.2) is 0 Å². The summed E-state index contributed by atoms with van der Waals surface area (Å²) >= 11 is 0. The predicted octanol–water partition coefficient (Wildman–Crippen LogP) is 19.4. The third-order valence-electron chi connectivity index (χ3n) is 14.5. The van der Waals surface area contributed by atoms with Crippen molar-refractivity contribution in [3.63, 3.8) is 0 Å². The topological polar surface area (TPSA) is 95.9 Å². The summed E-state index contributed by atoms with van der Waals surface area (Å²) in [5.41, 5.74) is 0. The molecule has 0 aliphatic heterocycles. The molecule has 0 rings (SSSR count). The Morgan fingerprint density at radius 1 is 0.391 bits per heavy atom. The predicted molar refractivity (Wildman–Crippen MR) is 301 cm³/mol. The number of unbranched alkanes of at least 4 members (excludes halogenated alkanes) is 45. The number of esters is 1. The van der Waals surface area contributed by atoms with Crippen LogP contribution in [-0.2, 0) is 14.3 Å². The van der Waals surface area contributed by atoms with Crippen LogP contribution in [0.4, 0.5) is 0 Å². The summed E-state index contributed by atoms with van der Waals surface area (Å²) < 4.78 is 5.47. The van der Waals surface area contributed by atoms with Crippen LogP contribution in [0.3, 0.4) is 0 Å². The van der Waals surface area contributed by atoms with Crippen LogP contribution in [0.25, 0.3) is 0 Å². The molecular formula is C63H121NO5. The van der Waals surface area contributed by atoms with Gasteiger partial charge in [-0.3, -0.25) is 9.59 Å². The smallest absolute Gasteiger partial charge is 0.305 e. The van der Waals surface area contributed by atoms with E-state index in [1.54, 1.807) is 6.08 Å². The van der Waals surface area contributed by atoms with Crippen molar-refractivity contribution in [2.75, 3.05) is 13.2 Å². The Balaban J connectivity index is 3.38. The Bertz CT molecular complexity index is 1080. The monoisotopic (exact) mass is 972 g/mol. The molecule has 0 aliphatic rings. The van der Waals surface area contributed by atoms with Crippen LogP contribution in [0.15, 0.2) is 24.3 Å². The minimum Gasteiger partial charge on any atom is -0.466 e. The lowest BCUT2D eigenvalue weighted by Gasteiger charge is -2.20. The number of carbonyl (C=O) groups is 2. The number of rotatable bonds is 58. The van der Waals surface area contributed by atoms with Crippen molar-refractivity contribution < 1.29 is 24.5 Å². The summed E-state index contributed by atoms with van der Waals surface area (Å²) in [6.45, 7) is 4.90. The van der Waals surface area contributed by atoms with Gasteiger partial charge in [0.15, 0.2) is 0 Å². The normalized spacial score (nSPS) is 12.7. The molecule has 6 nitrogen and oxygen atoms in total. The first kappa shape index (κ1) is 67.3. The van der Waals surface area contributed by atoms with Crippen molar-refractivity contribution in [3.05, 3.63) is 24.3 Å². The largest absolute Gasteiger partial charge is 0.466 e. The lowest BCUT2D eigenvalue weighted by molar-refractivity contribution is -0.143. The Kier molecular flexibility index (Phi) is 57.5. The van der Waals surface area contributed by atoms with Crippen LogP contribution >= 0.6 is 0 Å². The molecule has 0 aliphatic carbocycles. The maximum Gasteiger partial charge on any atom is 0.305 e. The Labute approximate surface area is 431 Å². The molecule has 408 valence electrons. The third kappa shape index (κ3) is 55.5. The number of aliphatic hydroxyl groups excluding tert-OH is 2. The second kappa shape index (κ2) is 58.9. The van der Waals surface area contributed by atoms with Gasteiger partial charge in [-0.15, -0.1) is 0 Å². The van der Waals surface area contributed by atoms with E-state index in [-0.39, 0.29) is 18.5 Å². The number of nitrogens with one attached hydrogen (secondary N) is 1. The highest BCUT2D eigenvalue weighted by molar-refractivity contribution is 5.76. The zero-order chi connectivity index (χ0) is 50.0. The van der Waals surface area contributed by atoms with Crippen molar-refractivity contribution >= 4 is 11.9 Å². The fourth-order valence-corrected chi connectivity index (χ4v) is 9.69. The van der Waals surface area contributed by atoms with Gasteiger partial charge in [-0.2, -0.15) is 0 Å². The van der Waals surface area contributed by atoms with Crippen LogP contribution < -0.4 is 5.32 Å². The summed E-state index contributed by atoms with van der Waals surface area (Å²) in [4.78, 5) is 24.5. The fourth-order valence-electron chi connectivity index (χ4n) is 9.69. The second-order valence-corrected chi connectivity index (χ2v) is 21.4. The van der Waals surface area contributed by atoms with Crippen molar-refractivity contribution in [1.29, 1.82) is 0 Å². The maximum atomic E-state index is 12.5. The molecule has 0 heterocycles. The van der Waals surface area contributed by atoms with E-state index in [1.165, 1.54) is 270 Å². The highest BCUT2D eigenvalue weighted by Crippen LogP contribution is 2.18. The van der Waals surface area contributed by atoms with Crippen LogP contribution in [0.5, 0.6) is 0 Å². The van der Waals surface area contributed by atoms with Gasteiger partial charge in [-0.05, 0) is 57.8 Å². The van der Waals surface area contributed by atoms with E-state index in [9.17, 15) is 19.8 Å². The lowest BCUT2D eigenvalue weighted by atomic mass is 10.0. The molecule has 1 amide bonds. The van der Waals surface area contributed by atoms with Crippen LogP contribution in [0.2, 0.25) is 0 Å². The van der Waals surface area contributed by atoms with Gasteiger partial charge in [0.1, 0.15) is 0 Å². The molecule has 0 bridgehead atoms. The van der Waals surface area contributed by atoms with Gasteiger partial charge in [-0.1, -0.05) is 295 Å². The van der Waals surface area contributed by atoms with Gasteiger partial charge >= 0.3 is 5.97 Å². The summed E-state index contributed by atoms with van der Waals surface area (Å²) in [7, 11) is 0. The summed E-state index contributed by atoms with van der Waals surface area (Å²) in [5, 5.41) is 23.1. The van der Waals surface area contributed by atoms with E-state index in [0.29, 0.717) is 19.4 Å². The molecule has 0 radical (unpaired) electrons. The quantitative estimate of drug-likeness (QED) is 0.0321. The molecular weight excluding hydrogens is 851 g/mol. The van der Waals surface area contributed by atoms with E-state index in [4.69, 9.17) is 4.74 Å². The minimum absolute atomic E-state index is 0.00602. The van der Waals surface area contributed by atoms with Crippen LogP contribution in [0.1, 0.15) is 341 Å². The summed E-state index contributed by atoms with van der Waals surface area (Å²) in [6, 6.07) is -0.626. The maximum absolute atomic E-state index is 12.5. The standard InChI is InChI=1S/C63H121NO5/c1-3-5-7-9-11-13-15-17-29-32-35-39-43-47-51-55-61(66)60(59-65)64-62(67)56-52-48-44-40-36-33-30-27-25-23-21-19-18-20-22-24-26-28-31-34-38-42-46-50-54-58-69-63(68)57-53-49-45-41-37-16-14-12-10-8-6-4-2/h12,14,51,55,60-61,65-66H,3-11,13,15-50,52-54,56-59H2,1-2H3,(H,64,67)/b14-12-,55-51+. The first-order valence-electron chi connectivity index (χ1n) is 31.1. The van der Waals surface area contributed by atoms with E-state index >= 15 is 0 Å². The van der Waals surface area contributed by atoms with Crippen LogP contribution in [-0.4, -0.2) is 47.4 Å². The first-order valence-corrected chi connectivity index (χ1v) is 31.1. The van der Waals surface area contributed by atoms with Gasteiger partial charge in [0.05, 0.1) is 25.4 Å². The van der Waals surface area contributed by atoms with Crippen molar-refractivity contribution in [2.45, 2.75) is 353 Å². The van der Waals surface area contributed by atoms with E-state index in [2.05, 4.69) is 31.3 Å². The molecule has 0 aromatic rings. The number of hydrogen-bond acceptors (Lipinski definition) is 5. The van der Waals surface area contributed by atoms with Crippen LogP contribution in [0, 0.1) is 0 Å². The number of amides is 1. The third-order valence-corrected chi connectivity index (χ3v) is 14.5. The van der Waals surface area contributed by atoms with Gasteiger partial charge in [0.25, 0.3) is 0 Å². The van der Waals surface area contributed by atoms with E-state index < -0.39 is 12.1 Å². The van der Waals surface area contributed by atoms with Crippen molar-refractivity contribution in [2.24, 2.45) is 0 Å². The number of allylic oxidation sites excluding steroid dienone is 3. The van der Waals surface area contributed by atoms with E-state index in [0.717, 1.165) is 44.9 Å². The van der Waals surface area contributed by atoms with Gasteiger partial charge in [0, 0.05) is 12.8 Å². The van der Waals surface area contributed by atoms with E-state index in [1.807, 2.05) is 6.08 Å². The van der Waals surface area contributed by atoms with Gasteiger partial charge in [0.2, 0.25) is 5.91 Å². The average Bonchev–Trinajstić information content (AvgIpc) is 3.35. The second-order valence-electron chi connectivity index (χ2n) is 21.4. The highest BCUT2D eigenvalue weighted by Gasteiger charge is 2.18. The molecule has 3 N–H and O–H groups in total. The molecule has 2 atom stereocenters. The molecule has 0 fully saturated rings. The first-order chi connectivity index (χ1) is 34.0. The molecule has 0 saturated carbocycles. The summed E-state index contributed by atoms with van der Waals surface area (Å²) in [6.07, 6.45) is 72.2. The molecule has 6 heteroatoms. The highest BCUT2D eigenvalue weighted by atomic mass is 16.5. The van der Waals surface area contributed by atoms with Crippen molar-refractivity contribution in [3.8, 4) is 0 Å².